The molecule has 0 aliphatic carbocycles. The predicted molar refractivity (Wildman–Crippen MR) is 108 cm³/mol. The van der Waals surface area contributed by atoms with Crippen LogP contribution in [0.1, 0.15) is 26.6 Å². The molecule has 0 fully saturated rings. The molecule has 0 spiro atoms. The molecule has 1 amide bonds. The molecular weight excluding hydrogens is 400 g/mol. The van der Waals surface area contributed by atoms with E-state index in [0.29, 0.717) is 26.6 Å². The van der Waals surface area contributed by atoms with Crippen molar-refractivity contribution in [3.8, 4) is 10.4 Å². The molecule has 2 N–H and O–H groups in total. The molecule has 0 saturated heterocycles. The van der Waals surface area contributed by atoms with E-state index in [4.69, 9.17) is 16.0 Å². The average Bonchev–Trinajstić information content (AvgIpc) is 3.26. The van der Waals surface area contributed by atoms with Gasteiger partial charge in [-0.15, -0.1) is 11.3 Å². The van der Waals surface area contributed by atoms with Gasteiger partial charge in [0, 0.05) is 16.0 Å². The van der Waals surface area contributed by atoms with Gasteiger partial charge in [-0.25, -0.2) is 9.78 Å². The third kappa shape index (κ3) is 3.26. The van der Waals surface area contributed by atoms with Gasteiger partial charge in [-0.1, -0.05) is 35.9 Å². The van der Waals surface area contributed by atoms with E-state index in [1.54, 1.807) is 41.8 Å². The van der Waals surface area contributed by atoms with Crippen LogP contribution in [0.3, 0.4) is 0 Å². The molecule has 2 aromatic heterocycles. The maximum absolute atomic E-state index is 12.5. The molecule has 4 rings (SSSR count). The summed E-state index contributed by atoms with van der Waals surface area (Å²) in [6.45, 7) is 1.90. The Morgan fingerprint density at radius 2 is 2.00 bits per heavy atom. The maximum atomic E-state index is 12.5. The highest BCUT2D eigenvalue weighted by Crippen LogP contribution is 2.39. The molecular formula is C20H13ClN2O4S. The van der Waals surface area contributed by atoms with Crippen LogP contribution >= 0.6 is 22.9 Å². The minimum atomic E-state index is -1.17. The first kappa shape index (κ1) is 18.2. The summed E-state index contributed by atoms with van der Waals surface area (Å²) < 4.78 is 5.44. The van der Waals surface area contributed by atoms with Crippen molar-refractivity contribution in [2.45, 2.75) is 6.92 Å². The third-order valence-corrected chi connectivity index (χ3v) is 5.44. The Morgan fingerprint density at radius 1 is 1.21 bits per heavy atom. The number of carbonyl (C=O) groups excluding carboxylic acids is 1. The summed E-state index contributed by atoms with van der Waals surface area (Å²) in [5.74, 6) is -1.93. The molecule has 8 heteroatoms. The van der Waals surface area contributed by atoms with Gasteiger partial charge in [0.2, 0.25) is 0 Å². The van der Waals surface area contributed by atoms with Crippen molar-refractivity contribution in [2.75, 3.05) is 5.32 Å². The van der Waals surface area contributed by atoms with E-state index in [2.05, 4.69) is 10.3 Å². The lowest BCUT2D eigenvalue weighted by atomic mass is 10.1. The smallest absolute Gasteiger partial charge is 0.339 e. The van der Waals surface area contributed by atoms with Gasteiger partial charge in [-0.05, 0) is 30.7 Å². The number of carboxylic acid groups (broad SMARTS) is 1. The minimum Gasteiger partial charge on any atom is -0.478 e. The van der Waals surface area contributed by atoms with Crippen molar-refractivity contribution >= 4 is 51.6 Å². The zero-order valence-corrected chi connectivity index (χ0v) is 16.1. The van der Waals surface area contributed by atoms with Gasteiger partial charge in [0.1, 0.15) is 11.1 Å². The number of nitrogens with one attached hydrogen (secondary N) is 1. The number of fused-ring (bicyclic) bond motifs is 1. The Balaban J connectivity index is 1.71. The number of amides is 1. The molecule has 2 aromatic carbocycles. The van der Waals surface area contributed by atoms with Crippen LogP contribution in [-0.4, -0.2) is 22.0 Å². The molecule has 4 aromatic rings. The monoisotopic (exact) mass is 412 g/mol. The number of benzene rings is 2. The molecule has 0 aliphatic rings. The van der Waals surface area contributed by atoms with Gasteiger partial charge in [0.25, 0.3) is 5.89 Å². The van der Waals surface area contributed by atoms with E-state index < -0.39 is 11.9 Å². The van der Waals surface area contributed by atoms with Crippen LogP contribution in [0.2, 0.25) is 5.02 Å². The highest BCUT2D eigenvalue weighted by Gasteiger charge is 2.24. The number of nitrogens with zero attached hydrogens (tertiary/aromatic N) is 1. The Bertz CT molecular complexity index is 1200. The normalized spacial score (nSPS) is 10.9. The van der Waals surface area contributed by atoms with Crippen LogP contribution < -0.4 is 5.32 Å². The number of aromatic carboxylic acids is 1. The van der Waals surface area contributed by atoms with Gasteiger partial charge in [-0.3, -0.25) is 4.79 Å². The van der Waals surface area contributed by atoms with Gasteiger partial charge >= 0.3 is 11.9 Å². The number of halogens is 1. The summed E-state index contributed by atoms with van der Waals surface area (Å²) in [4.78, 5) is 29.0. The molecule has 2 heterocycles. The summed E-state index contributed by atoms with van der Waals surface area (Å²) in [6, 6.07) is 12.4. The molecule has 0 unspecified atom stereocenters. The molecule has 0 saturated carbocycles. The Morgan fingerprint density at radius 3 is 2.71 bits per heavy atom. The van der Waals surface area contributed by atoms with Crippen molar-refractivity contribution in [2.24, 2.45) is 0 Å². The van der Waals surface area contributed by atoms with Gasteiger partial charge in [0.15, 0.2) is 5.58 Å². The zero-order valence-electron chi connectivity index (χ0n) is 14.5. The zero-order chi connectivity index (χ0) is 19.8. The molecule has 0 aliphatic heterocycles. The van der Waals surface area contributed by atoms with Crippen LogP contribution in [0.25, 0.3) is 21.5 Å². The molecule has 0 atom stereocenters. The third-order valence-electron chi connectivity index (χ3n) is 4.11. The first-order chi connectivity index (χ1) is 13.4. The van der Waals surface area contributed by atoms with E-state index in [0.717, 1.165) is 5.56 Å². The lowest BCUT2D eigenvalue weighted by Crippen LogP contribution is -2.14. The van der Waals surface area contributed by atoms with Crippen molar-refractivity contribution in [1.82, 2.24) is 4.98 Å². The van der Waals surface area contributed by atoms with Crippen molar-refractivity contribution in [1.29, 1.82) is 0 Å². The van der Waals surface area contributed by atoms with Crippen molar-refractivity contribution in [3.63, 3.8) is 0 Å². The SMILES string of the molecule is Cc1ccc(-c2scc(NC(=O)c3nc4ccccc4o3)c2C(=O)O)c(Cl)c1. The van der Waals surface area contributed by atoms with E-state index in [1.807, 2.05) is 13.0 Å². The average molecular weight is 413 g/mol. The number of rotatable bonds is 4. The number of para-hydroxylation sites is 2. The van der Waals surface area contributed by atoms with Crippen LogP contribution in [0.5, 0.6) is 0 Å². The lowest BCUT2D eigenvalue weighted by molar-refractivity contribution is 0.0699. The van der Waals surface area contributed by atoms with Crippen LogP contribution in [0.15, 0.2) is 52.3 Å². The van der Waals surface area contributed by atoms with Crippen LogP contribution in [-0.2, 0) is 0 Å². The molecule has 0 bridgehead atoms. The van der Waals surface area contributed by atoms with Gasteiger partial charge < -0.3 is 14.8 Å². The fourth-order valence-corrected chi connectivity index (χ4v) is 4.23. The standard InChI is InChI=1S/C20H13ClN2O4S/c1-10-6-7-11(12(21)8-10)17-16(20(25)26)14(9-28-17)22-18(24)19-23-13-4-2-3-5-15(13)27-19/h2-9H,1H3,(H,22,24)(H,25,26). The molecule has 140 valence electrons. The summed E-state index contributed by atoms with van der Waals surface area (Å²) in [7, 11) is 0. The van der Waals surface area contributed by atoms with Crippen LogP contribution in [0, 0.1) is 6.92 Å². The van der Waals surface area contributed by atoms with Gasteiger partial charge in [0.05, 0.1) is 10.6 Å². The number of hydrogen-bond acceptors (Lipinski definition) is 5. The lowest BCUT2D eigenvalue weighted by Gasteiger charge is -2.06. The van der Waals surface area contributed by atoms with E-state index in [9.17, 15) is 14.7 Å². The van der Waals surface area contributed by atoms with Gasteiger partial charge in [-0.2, -0.15) is 0 Å². The maximum Gasteiger partial charge on any atom is 0.339 e. The number of anilines is 1. The Kier molecular flexibility index (Phi) is 4.62. The topological polar surface area (TPSA) is 92.4 Å². The number of carboxylic acids is 1. The number of thiophene rings is 1. The predicted octanol–water partition coefficient (Wildman–Crippen LogP) is 5.47. The second-order valence-corrected chi connectivity index (χ2v) is 7.37. The van der Waals surface area contributed by atoms with Crippen molar-refractivity contribution < 1.29 is 19.1 Å². The summed E-state index contributed by atoms with van der Waals surface area (Å²) >= 11 is 7.49. The molecule has 6 nitrogen and oxygen atoms in total. The van der Waals surface area contributed by atoms with Crippen molar-refractivity contribution in [3.05, 3.63) is 69.9 Å². The Hall–Kier alpha value is -3.16. The van der Waals surface area contributed by atoms with E-state index in [1.165, 1.54) is 11.3 Å². The van der Waals surface area contributed by atoms with E-state index in [-0.39, 0.29) is 17.1 Å². The summed E-state index contributed by atoms with van der Waals surface area (Å²) in [6.07, 6.45) is 0. The fraction of sp³-hybridized carbons (Fsp3) is 0.0500. The Labute approximate surface area is 168 Å². The molecule has 0 radical (unpaired) electrons. The quantitative estimate of drug-likeness (QED) is 0.463. The summed E-state index contributed by atoms with van der Waals surface area (Å²) in [5, 5.41) is 14.3. The first-order valence-corrected chi connectivity index (χ1v) is 9.48. The second kappa shape index (κ2) is 7.10. The summed E-state index contributed by atoms with van der Waals surface area (Å²) in [5.41, 5.74) is 2.72. The number of aromatic nitrogens is 1. The number of oxazole rings is 1. The second-order valence-electron chi connectivity index (χ2n) is 6.08. The number of carbonyl (C=O) groups is 2. The fourth-order valence-electron chi connectivity index (χ4n) is 2.81. The van der Waals surface area contributed by atoms with Crippen LogP contribution in [0.4, 0.5) is 5.69 Å². The highest BCUT2D eigenvalue weighted by atomic mass is 35.5. The molecule has 28 heavy (non-hydrogen) atoms. The number of hydrogen-bond donors (Lipinski definition) is 2. The minimum absolute atomic E-state index is 0.0276. The first-order valence-electron chi connectivity index (χ1n) is 8.22. The van der Waals surface area contributed by atoms with E-state index >= 15 is 0 Å². The number of aryl methyl sites for hydroxylation is 1. The largest absolute Gasteiger partial charge is 0.478 e. The highest BCUT2D eigenvalue weighted by molar-refractivity contribution is 7.14.